The first kappa shape index (κ1) is 15.7. The Morgan fingerprint density at radius 3 is 2.89 bits per heavy atom. The fraction of sp³-hybridized carbons (Fsp3) is 0.714. The average Bonchev–Trinajstić information content (AvgIpc) is 2.83. The Morgan fingerprint density at radius 2 is 2.16 bits per heavy atom. The van der Waals surface area contributed by atoms with Gasteiger partial charge in [0.05, 0.1) is 25.0 Å². The van der Waals surface area contributed by atoms with Gasteiger partial charge in [-0.05, 0) is 6.42 Å². The highest BCUT2D eigenvalue weighted by atomic mass is 16.5. The lowest BCUT2D eigenvalue weighted by atomic mass is 10.1. The van der Waals surface area contributed by atoms with Gasteiger partial charge in [-0.25, -0.2) is 0 Å². The van der Waals surface area contributed by atoms with Crippen molar-refractivity contribution in [3.8, 4) is 0 Å². The number of methoxy groups -OCH3 is 1. The third kappa shape index (κ3) is 6.96. The van der Waals surface area contributed by atoms with Crippen molar-refractivity contribution in [2.24, 2.45) is 0 Å². The summed E-state index contributed by atoms with van der Waals surface area (Å²) >= 11 is 0. The van der Waals surface area contributed by atoms with Crippen LogP contribution in [-0.4, -0.2) is 29.4 Å². The van der Waals surface area contributed by atoms with Gasteiger partial charge >= 0.3 is 0 Å². The molecule has 1 rings (SSSR count). The molecule has 0 aliphatic rings. The van der Waals surface area contributed by atoms with Gasteiger partial charge in [0.2, 0.25) is 5.91 Å². The molecule has 1 heterocycles. The van der Waals surface area contributed by atoms with Crippen LogP contribution in [0.3, 0.4) is 0 Å². The molecule has 0 fully saturated rings. The maximum Gasteiger partial charge on any atom is 0.224 e. The average molecular weight is 267 g/mol. The van der Waals surface area contributed by atoms with Crippen LogP contribution in [0.25, 0.3) is 0 Å². The van der Waals surface area contributed by atoms with Crippen molar-refractivity contribution in [1.82, 2.24) is 9.78 Å². The number of anilines is 1. The molecule has 0 unspecified atom stereocenters. The molecule has 0 radical (unpaired) electrons. The molecular weight excluding hydrogens is 242 g/mol. The normalized spacial score (nSPS) is 10.6. The van der Waals surface area contributed by atoms with E-state index in [2.05, 4.69) is 17.3 Å². The Hall–Kier alpha value is -1.36. The summed E-state index contributed by atoms with van der Waals surface area (Å²) in [5.74, 6) is 0.0720. The number of nitrogens with zero attached hydrogens (tertiary/aromatic N) is 2. The summed E-state index contributed by atoms with van der Waals surface area (Å²) < 4.78 is 6.74. The topological polar surface area (TPSA) is 56.2 Å². The zero-order valence-corrected chi connectivity index (χ0v) is 12.0. The molecule has 0 aliphatic heterocycles. The van der Waals surface area contributed by atoms with Gasteiger partial charge in [0.25, 0.3) is 0 Å². The van der Waals surface area contributed by atoms with Crippen molar-refractivity contribution < 1.29 is 9.53 Å². The van der Waals surface area contributed by atoms with Crippen molar-refractivity contribution in [3.05, 3.63) is 12.4 Å². The minimum absolute atomic E-state index is 0.0720. The molecule has 1 N–H and O–H groups in total. The van der Waals surface area contributed by atoms with Crippen molar-refractivity contribution in [2.75, 3.05) is 19.0 Å². The third-order valence-electron chi connectivity index (χ3n) is 2.95. The maximum atomic E-state index is 11.7. The number of rotatable bonds is 10. The Bertz CT molecular complexity index is 363. The second-order valence-electron chi connectivity index (χ2n) is 4.70. The zero-order valence-electron chi connectivity index (χ0n) is 12.0. The Morgan fingerprint density at radius 1 is 1.37 bits per heavy atom. The number of amides is 1. The van der Waals surface area contributed by atoms with E-state index in [-0.39, 0.29) is 5.91 Å². The van der Waals surface area contributed by atoms with E-state index >= 15 is 0 Å². The smallest absolute Gasteiger partial charge is 0.224 e. The minimum Gasteiger partial charge on any atom is -0.383 e. The predicted octanol–water partition coefficient (Wildman–Crippen LogP) is 2.83. The van der Waals surface area contributed by atoms with Crippen LogP contribution < -0.4 is 5.32 Å². The summed E-state index contributed by atoms with van der Waals surface area (Å²) in [7, 11) is 1.66. The molecule has 0 saturated heterocycles. The van der Waals surface area contributed by atoms with Gasteiger partial charge in [0, 0.05) is 19.7 Å². The second-order valence-corrected chi connectivity index (χ2v) is 4.70. The first-order chi connectivity index (χ1) is 9.26. The molecule has 0 bridgehead atoms. The van der Waals surface area contributed by atoms with E-state index in [4.69, 9.17) is 4.74 Å². The van der Waals surface area contributed by atoms with Crippen molar-refractivity contribution in [1.29, 1.82) is 0 Å². The summed E-state index contributed by atoms with van der Waals surface area (Å²) in [4.78, 5) is 11.7. The van der Waals surface area contributed by atoms with E-state index in [0.29, 0.717) is 19.6 Å². The lowest BCUT2D eigenvalue weighted by Crippen LogP contribution is -2.10. The van der Waals surface area contributed by atoms with Gasteiger partial charge in [-0.1, -0.05) is 32.6 Å². The summed E-state index contributed by atoms with van der Waals surface area (Å²) in [5, 5.41) is 7.02. The van der Waals surface area contributed by atoms with Crippen LogP contribution >= 0.6 is 0 Å². The monoisotopic (exact) mass is 267 g/mol. The number of unbranched alkanes of at least 4 members (excludes halogenated alkanes) is 4. The molecule has 0 atom stereocenters. The van der Waals surface area contributed by atoms with Gasteiger partial charge in [-0.2, -0.15) is 5.10 Å². The van der Waals surface area contributed by atoms with E-state index in [9.17, 15) is 4.79 Å². The largest absolute Gasteiger partial charge is 0.383 e. The molecule has 0 spiro atoms. The van der Waals surface area contributed by atoms with Crippen LogP contribution in [0.4, 0.5) is 5.69 Å². The van der Waals surface area contributed by atoms with E-state index in [0.717, 1.165) is 18.5 Å². The molecule has 0 aliphatic carbocycles. The van der Waals surface area contributed by atoms with Gasteiger partial charge in [-0.15, -0.1) is 0 Å². The van der Waals surface area contributed by atoms with Crippen molar-refractivity contribution in [3.63, 3.8) is 0 Å². The Kier molecular flexibility index (Phi) is 7.89. The van der Waals surface area contributed by atoms with Crippen LogP contribution in [0.5, 0.6) is 0 Å². The molecule has 108 valence electrons. The molecule has 0 saturated carbocycles. The van der Waals surface area contributed by atoms with E-state index < -0.39 is 0 Å². The van der Waals surface area contributed by atoms with Crippen molar-refractivity contribution >= 4 is 11.6 Å². The number of carbonyl (C=O) groups is 1. The van der Waals surface area contributed by atoms with Gasteiger partial charge in [0.1, 0.15) is 0 Å². The number of ether oxygens (including phenoxy) is 1. The first-order valence-corrected chi connectivity index (χ1v) is 7.07. The summed E-state index contributed by atoms with van der Waals surface area (Å²) in [6.07, 6.45) is 9.89. The van der Waals surface area contributed by atoms with Crippen LogP contribution in [-0.2, 0) is 16.1 Å². The number of aromatic nitrogens is 2. The van der Waals surface area contributed by atoms with Crippen LogP contribution in [0.2, 0.25) is 0 Å². The Labute approximate surface area is 115 Å². The van der Waals surface area contributed by atoms with E-state index in [1.165, 1.54) is 19.3 Å². The van der Waals surface area contributed by atoms with Gasteiger partial charge in [-0.3, -0.25) is 9.48 Å². The summed E-state index contributed by atoms with van der Waals surface area (Å²) in [6.45, 7) is 3.50. The number of hydrogen-bond acceptors (Lipinski definition) is 3. The highest BCUT2D eigenvalue weighted by Gasteiger charge is 2.04. The van der Waals surface area contributed by atoms with E-state index in [1.54, 1.807) is 18.0 Å². The Balaban J connectivity index is 2.18. The quantitative estimate of drug-likeness (QED) is 0.663. The maximum absolute atomic E-state index is 11.7. The van der Waals surface area contributed by atoms with Gasteiger partial charge in [0.15, 0.2) is 0 Å². The molecule has 1 aromatic rings. The zero-order chi connectivity index (χ0) is 13.9. The van der Waals surface area contributed by atoms with Crippen LogP contribution in [0, 0.1) is 0 Å². The molecule has 1 amide bonds. The molecular formula is C14H25N3O2. The molecule has 5 heteroatoms. The molecule has 19 heavy (non-hydrogen) atoms. The number of carbonyl (C=O) groups excluding carboxylic acids is 1. The number of hydrogen-bond donors (Lipinski definition) is 1. The van der Waals surface area contributed by atoms with E-state index in [1.807, 2.05) is 6.20 Å². The highest BCUT2D eigenvalue weighted by Crippen LogP contribution is 2.08. The highest BCUT2D eigenvalue weighted by molar-refractivity contribution is 5.90. The third-order valence-corrected chi connectivity index (χ3v) is 2.95. The summed E-state index contributed by atoms with van der Waals surface area (Å²) in [5.41, 5.74) is 0.759. The lowest BCUT2D eigenvalue weighted by molar-refractivity contribution is -0.116. The van der Waals surface area contributed by atoms with Gasteiger partial charge < -0.3 is 10.1 Å². The molecule has 1 aromatic heterocycles. The first-order valence-electron chi connectivity index (χ1n) is 7.07. The SMILES string of the molecule is CCCCCCCC(=O)Nc1cnn(CCOC)c1. The summed E-state index contributed by atoms with van der Waals surface area (Å²) in [6, 6.07) is 0. The fourth-order valence-electron chi connectivity index (χ4n) is 1.85. The number of nitrogens with one attached hydrogen (secondary N) is 1. The fourth-order valence-corrected chi connectivity index (χ4v) is 1.85. The van der Waals surface area contributed by atoms with Crippen molar-refractivity contribution in [2.45, 2.75) is 52.0 Å². The standard InChI is InChI=1S/C14H25N3O2/c1-3-4-5-6-7-8-14(18)16-13-11-15-17(12-13)9-10-19-2/h11-12H,3-10H2,1-2H3,(H,16,18). The molecule has 0 aromatic carbocycles. The second kappa shape index (κ2) is 9.55. The van der Waals surface area contributed by atoms with Crippen LogP contribution in [0.15, 0.2) is 12.4 Å². The lowest BCUT2D eigenvalue weighted by Gasteiger charge is -2.02. The predicted molar refractivity (Wildman–Crippen MR) is 76.1 cm³/mol. The van der Waals surface area contributed by atoms with Crippen LogP contribution in [0.1, 0.15) is 45.4 Å². The molecule has 5 nitrogen and oxygen atoms in total. The minimum atomic E-state index is 0.0720.